The third kappa shape index (κ3) is 3.34. The standard InChI is InChI=1S/C13H14ClNS/c1-10-3-2-4-11(7-10)8-15-9-12-5-6-13(14)16-12/h2-7,15H,8-9H2,1H3. The summed E-state index contributed by atoms with van der Waals surface area (Å²) in [5, 5.41) is 3.41. The van der Waals surface area contributed by atoms with Crippen molar-refractivity contribution in [3.8, 4) is 0 Å². The van der Waals surface area contributed by atoms with Gasteiger partial charge < -0.3 is 5.32 Å². The van der Waals surface area contributed by atoms with Crippen LogP contribution in [-0.2, 0) is 13.1 Å². The van der Waals surface area contributed by atoms with Crippen LogP contribution in [-0.4, -0.2) is 0 Å². The second kappa shape index (κ2) is 5.48. The Hall–Kier alpha value is -0.830. The molecule has 16 heavy (non-hydrogen) atoms. The van der Waals surface area contributed by atoms with Crippen molar-refractivity contribution in [2.75, 3.05) is 0 Å². The zero-order valence-corrected chi connectivity index (χ0v) is 10.7. The van der Waals surface area contributed by atoms with Gasteiger partial charge in [-0.25, -0.2) is 0 Å². The lowest BCUT2D eigenvalue weighted by Crippen LogP contribution is -2.11. The van der Waals surface area contributed by atoms with Crippen LogP contribution in [0.5, 0.6) is 0 Å². The number of benzene rings is 1. The first-order chi connectivity index (χ1) is 7.74. The minimum atomic E-state index is 0.854. The summed E-state index contributed by atoms with van der Waals surface area (Å²) in [7, 11) is 0. The third-order valence-corrected chi connectivity index (χ3v) is 3.57. The van der Waals surface area contributed by atoms with Crippen molar-refractivity contribution in [1.29, 1.82) is 0 Å². The maximum absolute atomic E-state index is 5.87. The molecule has 84 valence electrons. The molecule has 0 radical (unpaired) electrons. The summed E-state index contributed by atoms with van der Waals surface area (Å²) < 4.78 is 0.854. The van der Waals surface area contributed by atoms with Gasteiger partial charge in [0.15, 0.2) is 0 Å². The Morgan fingerprint density at radius 2 is 2.06 bits per heavy atom. The number of nitrogens with one attached hydrogen (secondary N) is 1. The van der Waals surface area contributed by atoms with E-state index in [0.29, 0.717) is 0 Å². The Balaban J connectivity index is 1.84. The Labute approximate surface area is 105 Å². The van der Waals surface area contributed by atoms with Crippen molar-refractivity contribution >= 4 is 22.9 Å². The summed E-state index contributed by atoms with van der Waals surface area (Å²) in [6.07, 6.45) is 0. The first kappa shape index (κ1) is 11.6. The molecule has 0 spiro atoms. The van der Waals surface area contributed by atoms with Gasteiger partial charge in [0.1, 0.15) is 0 Å². The van der Waals surface area contributed by atoms with Crippen LogP contribution in [0.15, 0.2) is 36.4 Å². The second-order valence-corrected chi connectivity index (χ2v) is 5.60. The van der Waals surface area contributed by atoms with Gasteiger partial charge in [-0.3, -0.25) is 0 Å². The van der Waals surface area contributed by atoms with Gasteiger partial charge >= 0.3 is 0 Å². The molecule has 2 rings (SSSR count). The van der Waals surface area contributed by atoms with Gasteiger partial charge in [0, 0.05) is 18.0 Å². The molecule has 1 heterocycles. The number of aryl methyl sites for hydroxylation is 1. The van der Waals surface area contributed by atoms with Gasteiger partial charge in [0.05, 0.1) is 4.34 Å². The van der Waals surface area contributed by atoms with Crippen LogP contribution in [0.2, 0.25) is 4.34 Å². The highest BCUT2D eigenvalue weighted by molar-refractivity contribution is 7.16. The molecule has 1 N–H and O–H groups in total. The topological polar surface area (TPSA) is 12.0 Å². The van der Waals surface area contributed by atoms with Gasteiger partial charge in [0.2, 0.25) is 0 Å². The molecule has 1 nitrogen and oxygen atoms in total. The minimum absolute atomic E-state index is 0.854. The Bertz CT molecular complexity index is 464. The molecule has 0 fully saturated rings. The lowest BCUT2D eigenvalue weighted by Gasteiger charge is -2.04. The molecule has 0 amide bonds. The van der Waals surface area contributed by atoms with E-state index in [1.807, 2.05) is 6.07 Å². The van der Waals surface area contributed by atoms with Crippen molar-refractivity contribution in [3.63, 3.8) is 0 Å². The second-order valence-electron chi connectivity index (χ2n) is 3.80. The molecule has 0 aliphatic carbocycles. The summed E-state index contributed by atoms with van der Waals surface area (Å²) in [6, 6.07) is 12.6. The summed E-state index contributed by atoms with van der Waals surface area (Å²) in [5.41, 5.74) is 2.63. The SMILES string of the molecule is Cc1cccc(CNCc2ccc(Cl)s2)c1. The van der Waals surface area contributed by atoms with E-state index >= 15 is 0 Å². The first-order valence-electron chi connectivity index (χ1n) is 5.24. The van der Waals surface area contributed by atoms with E-state index in [1.165, 1.54) is 16.0 Å². The smallest absolute Gasteiger partial charge is 0.0931 e. The summed E-state index contributed by atoms with van der Waals surface area (Å²) in [4.78, 5) is 1.28. The fourth-order valence-electron chi connectivity index (χ4n) is 1.60. The monoisotopic (exact) mass is 251 g/mol. The highest BCUT2D eigenvalue weighted by Crippen LogP contribution is 2.21. The van der Waals surface area contributed by atoms with Crippen molar-refractivity contribution < 1.29 is 0 Å². The molecule has 0 atom stereocenters. The zero-order chi connectivity index (χ0) is 11.4. The molecule has 0 saturated carbocycles. The van der Waals surface area contributed by atoms with Gasteiger partial charge in [-0.2, -0.15) is 0 Å². The number of rotatable bonds is 4. The molecule has 0 bridgehead atoms. The van der Waals surface area contributed by atoms with Crippen LogP contribution in [0.1, 0.15) is 16.0 Å². The minimum Gasteiger partial charge on any atom is -0.308 e. The molecule has 0 unspecified atom stereocenters. The quantitative estimate of drug-likeness (QED) is 0.866. The molecule has 0 saturated heterocycles. The van der Waals surface area contributed by atoms with Crippen LogP contribution in [0, 0.1) is 6.92 Å². The van der Waals surface area contributed by atoms with E-state index in [-0.39, 0.29) is 0 Å². The molecular weight excluding hydrogens is 238 g/mol. The Morgan fingerprint density at radius 1 is 1.19 bits per heavy atom. The molecule has 1 aromatic carbocycles. The largest absolute Gasteiger partial charge is 0.308 e. The lowest BCUT2D eigenvalue weighted by molar-refractivity contribution is 0.700. The van der Waals surface area contributed by atoms with Crippen LogP contribution < -0.4 is 5.32 Å². The lowest BCUT2D eigenvalue weighted by atomic mass is 10.1. The van der Waals surface area contributed by atoms with E-state index < -0.39 is 0 Å². The summed E-state index contributed by atoms with van der Waals surface area (Å²) in [5.74, 6) is 0. The maximum Gasteiger partial charge on any atom is 0.0931 e. The van der Waals surface area contributed by atoms with E-state index in [9.17, 15) is 0 Å². The predicted molar refractivity (Wildman–Crippen MR) is 71.1 cm³/mol. The van der Waals surface area contributed by atoms with Crippen molar-refractivity contribution in [2.45, 2.75) is 20.0 Å². The first-order valence-corrected chi connectivity index (χ1v) is 6.44. The van der Waals surface area contributed by atoms with Crippen LogP contribution in [0.4, 0.5) is 0 Å². The Morgan fingerprint density at radius 3 is 2.75 bits per heavy atom. The van der Waals surface area contributed by atoms with Crippen molar-refractivity contribution in [1.82, 2.24) is 5.32 Å². The van der Waals surface area contributed by atoms with Crippen molar-refractivity contribution in [3.05, 3.63) is 56.7 Å². The number of thiophene rings is 1. The van der Waals surface area contributed by atoms with E-state index in [2.05, 4.69) is 42.6 Å². The number of halogens is 1. The van der Waals surface area contributed by atoms with E-state index in [0.717, 1.165) is 17.4 Å². The summed E-state index contributed by atoms with van der Waals surface area (Å²) in [6.45, 7) is 3.89. The number of hydrogen-bond donors (Lipinski definition) is 1. The average molecular weight is 252 g/mol. The molecular formula is C13H14ClNS. The normalized spacial score (nSPS) is 10.6. The van der Waals surface area contributed by atoms with E-state index in [1.54, 1.807) is 11.3 Å². The summed E-state index contributed by atoms with van der Waals surface area (Å²) >= 11 is 7.50. The Kier molecular flexibility index (Phi) is 3.99. The van der Waals surface area contributed by atoms with Crippen LogP contribution >= 0.6 is 22.9 Å². The molecule has 2 aromatic rings. The molecule has 3 heteroatoms. The molecule has 0 aliphatic rings. The number of hydrogen-bond acceptors (Lipinski definition) is 2. The van der Waals surface area contributed by atoms with Gasteiger partial charge in [-0.05, 0) is 24.6 Å². The van der Waals surface area contributed by atoms with E-state index in [4.69, 9.17) is 11.6 Å². The van der Waals surface area contributed by atoms with Gasteiger partial charge in [-0.1, -0.05) is 41.4 Å². The third-order valence-electron chi connectivity index (χ3n) is 2.34. The maximum atomic E-state index is 5.87. The highest BCUT2D eigenvalue weighted by atomic mass is 35.5. The predicted octanol–water partition coefficient (Wildman–Crippen LogP) is 4.00. The highest BCUT2D eigenvalue weighted by Gasteiger charge is 1.97. The molecule has 1 aromatic heterocycles. The average Bonchev–Trinajstić information content (AvgIpc) is 2.64. The zero-order valence-electron chi connectivity index (χ0n) is 9.16. The van der Waals surface area contributed by atoms with Gasteiger partial charge in [0.25, 0.3) is 0 Å². The van der Waals surface area contributed by atoms with Crippen LogP contribution in [0.25, 0.3) is 0 Å². The fourth-order valence-corrected chi connectivity index (χ4v) is 2.66. The fraction of sp³-hybridized carbons (Fsp3) is 0.231. The van der Waals surface area contributed by atoms with Gasteiger partial charge in [-0.15, -0.1) is 11.3 Å². The van der Waals surface area contributed by atoms with Crippen molar-refractivity contribution in [2.24, 2.45) is 0 Å². The molecule has 0 aliphatic heterocycles. The van der Waals surface area contributed by atoms with Crippen LogP contribution in [0.3, 0.4) is 0 Å².